The molecule has 2 aromatic rings. The third-order valence-electron chi connectivity index (χ3n) is 3.46. The predicted molar refractivity (Wildman–Crippen MR) is 67.9 cm³/mol. The number of hydrogen-bond donors (Lipinski definition) is 1. The van der Waals surface area contributed by atoms with Gasteiger partial charge in [0, 0.05) is 32.4 Å². The fourth-order valence-corrected chi connectivity index (χ4v) is 2.39. The number of piperidine rings is 1. The van der Waals surface area contributed by atoms with Gasteiger partial charge >= 0.3 is 0 Å². The van der Waals surface area contributed by atoms with E-state index in [0.717, 1.165) is 42.8 Å². The van der Waals surface area contributed by atoms with E-state index in [1.807, 2.05) is 30.2 Å². The van der Waals surface area contributed by atoms with Gasteiger partial charge in [-0.15, -0.1) is 0 Å². The molecule has 5 heteroatoms. The predicted octanol–water partition coefficient (Wildman–Crippen LogP) is 0.896. The lowest BCUT2D eigenvalue weighted by Gasteiger charge is -2.31. The van der Waals surface area contributed by atoms with Crippen LogP contribution in [-0.4, -0.2) is 33.7 Å². The van der Waals surface area contributed by atoms with Crippen molar-refractivity contribution in [3.05, 3.63) is 18.6 Å². The molecule has 1 aliphatic rings. The largest absolute Gasteiger partial charge is 0.355 e. The zero-order chi connectivity index (χ0) is 11.8. The summed E-state index contributed by atoms with van der Waals surface area (Å²) in [5.41, 5.74) is 8.05. The first-order chi connectivity index (χ1) is 8.25. The lowest BCUT2D eigenvalue weighted by atomic mass is 10.1. The Morgan fingerprint density at radius 3 is 2.82 bits per heavy atom. The molecule has 0 aliphatic carbocycles. The standard InChI is InChI=1S/C12H17N5/c1-16-8-15-11-10(16)2-5-14-12(11)17-6-3-9(13)4-7-17/h2,5,8-9H,3-4,6-7,13H2,1H3. The number of nitrogens with zero attached hydrogens (tertiary/aromatic N) is 4. The number of aromatic nitrogens is 3. The van der Waals surface area contributed by atoms with E-state index >= 15 is 0 Å². The van der Waals surface area contributed by atoms with Gasteiger partial charge in [0.1, 0.15) is 5.52 Å². The lowest BCUT2D eigenvalue weighted by Crippen LogP contribution is -2.40. The Labute approximate surface area is 100 Å². The number of imidazole rings is 1. The third-order valence-corrected chi connectivity index (χ3v) is 3.46. The highest BCUT2D eigenvalue weighted by atomic mass is 15.2. The van der Waals surface area contributed by atoms with Crippen LogP contribution in [0.3, 0.4) is 0 Å². The molecule has 2 N–H and O–H groups in total. The number of nitrogens with two attached hydrogens (primary N) is 1. The Balaban J connectivity index is 2.00. The van der Waals surface area contributed by atoms with Crippen LogP contribution in [-0.2, 0) is 7.05 Å². The summed E-state index contributed by atoms with van der Waals surface area (Å²) in [5, 5.41) is 0. The second-order valence-corrected chi connectivity index (χ2v) is 4.68. The van der Waals surface area contributed by atoms with Crippen molar-refractivity contribution in [2.45, 2.75) is 18.9 Å². The van der Waals surface area contributed by atoms with Gasteiger partial charge in [-0.3, -0.25) is 0 Å². The van der Waals surface area contributed by atoms with Gasteiger partial charge in [0.05, 0.1) is 11.8 Å². The van der Waals surface area contributed by atoms with Crippen LogP contribution in [0.2, 0.25) is 0 Å². The number of fused-ring (bicyclic) bond motifs is 1. The van der Waals surface area contributed by atoms with Crippen LogP contribution in [0.25, 0.3) is 11.0 Å². The molecule has 17 heavy (non-hydrogen) atoms. The van der Waals surface area contributed by atoms with Gasteiger partial charge in [0.2, 0.25) is 0 Å². The van der Waals surface area contributed by atoms with Gasteiger partial charge < -0.3 is 15.2 Å². The first-order valence-corrected chi connectivity index (χ1v) is 6.02. The maximum Gasteiger partial charge on any atom is 0.156 e. The average Bonchev–Trinajstić information content (AvgIpc) is 2.73. The SMILES string of the molecule is Cn1cnc2c(N3CCC(N)CC3)nccc21. The first-order valence-electron chi connectivity index (χ1n) is 6.02. The van der Waals surface area contributed by atoms with Crippen LogP contribution in [0.1, 0.15) is 12.8 Å². The van der Waals surface area contributed by atoms with Gasteiger partial charge in [-0.05, 0) is 18.9 Å². The van der Waals surface area contributed by atoms with Crippen molar-refractivity contribution in [2.24, 2.45) is 12.8 Å². The molecule has 5 nitrogen and oxygen atoms in total. The normalized spacial score (nSPS) is 17.9. The second-order valence-electron chi connectivity index (χ2n) is 4.68. The number of rotatable bonds is 1. The number of hydrogen-bond acceptors (Lipinski definition) is 4. The maximum absolute atomic E-state index is 5.92. The highest BCUT2D eigenvalue weighted by molar-refractivity contribution is 5.86. The first kappa shape index (κ1) is 10.5. The molecular formula is C12H17N5. The molecule has 2 aromatic heterocycles. The summed E-state index contributed by atoms with van der Waals surface area (Å²) in [7, 11) is 2.01. The van der Waals surface area contributed by atoms with Crippen molar-refractivity contribution in [1.82, 2.24) is 14.5 Å². The Morgan fingerprint density at radius 2 is 2.06 bits per heavy atom. The van der Waals surface area contributed by atoms with Crippen LogP contribution in [0.5, 0.6) is 0 Å². The van der Waals surface area contributed by atoms with Crippen molar-refractivity contribution in [3.8, 4) is 0 Å². The van der Waals surface area contributed by atoms with Crippen molar-refractivity contribution in [2.75, 3.05) is 18.0 Å². The molecule has 90 valence electrons. The van der Waals surface area contributed by atoms with E-state index in [1.54, 1.807) is 0 Å². The summed E-state index contributed by atoms with van der Waals surface area (Å²) < 4.78 is 2.02. The van der Waals surface area contributed by atoms with E-state index in [2.05, 4.69) is 14.9 Å². The Kier molecular flexibility index (Phi) is 2.48. The molecule has 0 saturated carbocycles. The average molecular weight is 231 g/mol. The highest BCUT2D eigenvalue weighted by Crippen LogP contribution is 2.24. The summed E-state index contributed by atoms with van der Waals surface area (Å²) >= 11 is 0. The number of pyridine rings is 1. The van der Waals surface area contributed by atoms with Crippen molar-refractivity contribution in [1.29, 1.82) is 0 Å². The highest BCUT2D eigenvalue weighted by Gasteiger charge is 2.20. The molecule has 3 heterocycles. The molecule has 1 aliphatic heterocycles. The third kappa shape index (κ3) is 1.76. The Bertz CT molecular complexity index is 525. The van der Waals surface area contributed by atoms with E-state index in [0.29, 0.717) is 6.04 Å². The molecular weight excluding hydrogens is 214 g/mol. The van der Waals surface area contributed by atoms with Crippen LogP contribution in [0.4, 0.5) is 5.82 Å². The summed E-state index contributed by atoms with van der Waals surface area (Å²) in [6, 6.07) is 2.34. The second kappa shape index (κ2) is 4.00. The Morgan fingerprint density at radius 1 is 1.29 bits per heavy atom. The topological polar surface area (TPSA) is 60.0 Å². The van der Waals surface area contributed by atoms with E-state index in [9.17, 15) is 0 Å². The van der Waals surface area contributed by atoms with Gasteiger partial charge in [0.25, 0.3) is 0 Å². The molecule has 0 unspecified atom stereocenters. The molecule has 1 fully saturated rings. The van der Waals surface area contributed by atoms with Crippen LogP contribution >= 0.6 is 0 Å². The summed E-state index contributed by atoms with van der Waals surface area (Å²) in [4.78, 5) is 11.2. The van der Waals surface area contributed by atoms with E-state index < -0.39 is 0 Å². The number of anilines is 1. The van der Waals surface area contributed by atoms with Gasteiger partial charge in [-0.2, -0.15) is 0 Å². The van der Waals surface area contributed by atoms with Gasteiger partial charge in [0.15, 0.2) is 5.82 Å². The molecule has 3 rings (SSSR count). The molecule has 0 spiro atoms. The monoisotopic (exact) mass is 231 g/mol. The quantitative estimate of drug-likeness (QED) is 0.792. The van der Waals surface area contributed by atoms with Crippen LogP contribution < -0.4 is 10.6 Å². The molecule has 0 aromatic carbocycles. The molecule has 0 radical (unpaired) electrons. The smallest absolute Gasteiger partial charge is 0.156 e. The fourth-order valence-electron chi connectivity index (χ4n) is 2.39. The molecule has 0 bridgehead atoms. The van der Waals surface area contributed by atoms with E-state index in [4.69, 9.17) is 5.73 Å². The minimum atomic E-state index is 0.342. The summed E-state index contributed by atoms with van der Waals surface area (Å²) in [6.45, 7) is 1.95. The lowest BCUT2D eigenvalue weighted by molar-refractivity contribution is 0.499. The van der Waals surface area contributed by atoms with Crippen LogP contribution in [0.15, 0.2) is 18.6 Å². The molecule has 0 atom stereocenters. The minimum absolute atomic E-state index is 0.342. The molecule has 0 amide bonds. The molecule has 1 saturated heterocycles. The minimum Gasteiger partial charge on any atom is -0.355 e. The fraction of sp³-hybridized carbons (Fsp3) is 0.500. The van der Waals surface area contributed by atoms with E-state index in [1.165, 1.54) is 0 Å². The van der Waals surface area contributed by atoms with Gasteiger partial charge in [-0.25, -0.2) is 9.97 Å². The van der Waals surface area contributed by atoms with Crippen LogP contribution in [0, 0.1) is 0 Å². The van der Waals surface area contributed by atoms with Crippen molar-refractivity contribution < 1.29 is 0 Å². The Hall–Kier alpha value is -1.62. The zero-order valence-corrected chi connectivity index (χ0v) is 10.0. The zero-order valence-electron chi connectivity index (χ0n) is 10.0. The van der Waals surface area contributed by atoms with Gasteiger partial charge in [-0.1, -0.05) is 0 Å². The number of aryl methyl sites for hydroxylation is 1. The maximum atomic E-state index is 5.92. The summed E-state index contributed by atoms with van der Waals surface area (Å²) in [6.07, 6.45) is 5.76. The van der Waals surface area contributed by atoms with Crippen molar-refractivity contribution >= 4 is 16.9 Å². The van der Waals surface area contributed by atoms with Crippen molar-refractivity contribution in [3.63, 3.8) is 0 Å². The van der Waals surface area contributed by atoms with E-state index in [-0.39, 0.29) is 0 Å². The summed E-state index contributed by atoms with van der Waals surface area (Å²) in [5.74, 6) is 0.995.